The van der Waals surface area contributed by atoms with Gasteiger partial charge in [-0.3, -0.25) is 4.79 Å². The van der Waals surface area contributed by atoms with Crippen molar-refractivity contribution in [3.63, 3.8) is 0 Å². The summed E-state index contributed by atoms with van der Waals surface area (Å²) in [6.45, 7) is 0. The number of benzene rings is 2. The first-order valence-electron chi connectivity index (χ1n) is 9.56. The Bertz CT molecular complexity index is 1370. The van der Waals surface area contributed by atoms with Crippen LogP contribution in [0.15, 0.2) is 82.3 Å². The molecule has 0 unspecified atom stereocenters. The lowest BCUT2D eigenvalue weighted by Crippen LogP contribution is -2.22. The number of fused-ring (bicyclic) bond motifs is 1. The zero-order chi connectivity index (χ0) is 23.4. The Balaban J connectivity index is 1.85. The van der Waals surface area contributed by atoms with Gasteiger partial charge in [-0.05, 0) is 36.4 Å². The predicted octanol–water partition coefficient (Wildman–Crippen LogP) is 5.22. The van der Waals surface area contributed by atoms with Gasteiger partial charge in [0.05, 0.1) is 12.8 Å². The minimum atomic E-state index is -4.85. The van der Waals surface area contributed by atoms with Gasteiger partial charge in [-0.2, -0.15) is 0 Å². The summed E-state index contributed by atoms with van der Waals surface area (Å²) in [5, 5.41) is 3.21. The predicted molar refractivity (Wildman–Crippen MR) is 113 cm³/mol. The lowest BCUT2D eigenvalue weighted by Gasteiger charge is -2.09. The maximum atomic E-state index is 13.0. The molecule has 2 aromatic carbocycles. The molecule has 0 atom stereocenters. The first-order valence-corrected chi connectivity index (χ1v) is 9.56. The van der Waals surface area contributed by atoms with Crippen molar-refractivity contribution >= 4 is 28.4 Å². The van der Waals surface area contributed by atoms with Crippen molar-refractivity contribution in [1.29, 1.82) is 0 Å². The van der Waals surface area contributed by atoms with E-state index in [1.807, 2.05) is 0 Å². The van der Waals surface area contributed by atoms with Crippen LogP contribution in [0.3, 0.4) is 0 Å². The first-order chi connectivity index (χ1) is 15.8. The minimum absolute atomic E-state index is 0.0450. The molecule has 0 radical (unpaired) electrons. The second-order valence-corrected chi connectivity index (χ2v) is 6.67. The summed E-state index contributed by atoms with van der Waals surface area (Å²) in [6.07, 6.45) is -3.34. The molecule has 0 aliphatic rings. The highest BCUT2D eigenvalue weighted by atomic mass is 19.4. The molecule has 0 aliphatic heterocycles. The molecule has 7 nitrogen and oxygen atoms in total. The SMILES string of the molecule is COc1cccc2cc(C(=O)Nc3ccccn3)c(=Nc3cccc(OC(F)(F)F)c3)oc12. The molecule has 2 aromatic heterocycles. The number of nitrogens with zero attached hydrogens (tertiary/aromatic N) is 2. The summed E-state index contributed by atoms with van der Waals surface area (Å²) in [4.78, 5) is 21.3. The number of rotatable bonds is 5. The van der Waals surface area contributed by atoms with Crippen molar-refractivity contribution in [3.05, 3.63) is 84.0 Å². The van der Waals surface area contributed by atoms with E-state index < -0.39 is 18.0 Å². The maximum Gasteiger partial charge on any atom is 0.573 e. The Kier molecular flexibility index (Phi) is 5.99. The number of halogens is 3. The van der Waals surface area contributed by atoms with Crippen LogP contribution in [0.1, 0.15) is 10.4 Å². The lowest BCUT2D eigenvalue weighted by molar-refractivity contribution is -0.274. The number of carbonyl (C=O) groups excluding carboxylic acids is 1. The highest BCUT2D eigenvalue weighted by Crippen LogP contribution is 2.27. The molecule has 2 heterocycles. The van der Waals surface area contributed by atoms with Gasteiger partial charge >= 0.3 is 6.36 Å². The molecular formula is C23H16F3N3O4. The van der Waals surface area contributed by atoms with Gasteiger partial charge in [0.1, 0.15) is 17.1 Å². The van der Waals surface area contributed by atoms with Crippen LogP contribution in [-0.4, -0.2) is 24.4 Å². The molecule has 168 valence electrons. The fourth-order valence-electron chi connectivity index (χ4n) is 3.02. The Morgan fingerprint density at radius 2 is 1.88 bits per heavy atom. The number of nitrogens with one attached hydrogen (secondary N) is 1. The fraction of sp³-hybridized carbons (Fsp3) is 0.0870. The van der Waals surface area contributed by atoms with Gasteiger partial charge in [0.25, 0.3) is 5.91 Å². The second-order valence-electron chi connectivity index (χ2n) is 6.67. The van der Waals surface area contributed by atoms with Crippen LogP contribution in [-0.2, 0) is 0 Å². The monoisotopic (exact) mass is 455 g/mol. The third-order valence-electron chi connectivity index (χ3n) is 4.39. The number of pyridine rings is 1. The van der Waals surface area contributed by atoms with Crippen molar-refractivity contribution in [1.82, 2.24) is 4.98 Å². The first kappa shape index (κ1) is 21.9. The van der Waals surface area contributed by atoms with E-state index in [4.69, 9.17) is 9.15 Å². The molecule has 10 heteroatoms. The number of ether oxygens (including phenoxy) is 2. The van der Waals surface area contributed by atoms with Gasteiger partial charge in [-0.25, -0.2) is 9.98 Å². The van der Waals surface area contributed by atoms with Crippen LogP contribution in [0.2, 0.25) is 0 Å². The molecule has 4 aromatic rings. The summed E-state index contributed by atoms with van der Waals surface area (Å²) in [6, 6.07) is 16.7. The molecule has 0 fully saturated rings. The second kappa shape index (κ2) is 9.03. The van der Waals surface area contributed by atoms with Gasteiger partial charge in [0.15, 0.2) is 11.3 Å². The highest BCUT2D eigenvalue weighted by molar-refractivity contribution is 6.05. The average Bonchev–Trinajstić information content (AvgIpc) is 2.78. The van der Waals surface area contributed by atoms with E-state index in [2.05, 4.69) is 20.0 Å². The average molecular weight is 455 g/mol. The number of anilines is 1. The largest absolute Gasteiger partial charge is 0.573 e. The van der Waals surface area contributed by atoms with E-state index >= 15 is 0 Å². The third-order valence-corrected chi connectivity index (χ3v) is 4.39. The van der Waals surface area contributed by atoms with Crippen LogP contribution >= 0.6 is 0 Å². The molecular weight excluding hydrogens is 439 g/mol. The summed E-state index contributed by atoms with van der Waals surface area (Å²) in [5.41, 5.74) is 0.311. The van der Waals surface area contributed by atoms with Crippen LogP contribution in [0, 0.1) is 0 Å². The van der Waals surface area contributed by atoms with Crippen molar-refractivity contribution in [2.45, 2.75) is 6.36 Å². The molecule has 0 spiro atoms. The third kappa shape index (κ3) is 5.29. The molecule has 4 rings (SSSR count). The molecule has 0 saturated carbocycles. The lowest BCUT2D eigenvalue weighted by atomic mass is 10.1. The number of methoxy groups -OCH3 is 1. The van der Waals surface area contributed by atoms with Crippen molar-refractivity contribution < 1.29 is 31.9 Å². The van der Waals surface area contributed by atoms with E-state index in [1.54, 1.807) is 42.5 Å². The van der Waals surface area contributed by atoms with Gasteiger partial charge in [-0.15, -0.1) is 13.2 Å². The van der Waals surface area contributed by atoms with Gasteiger partial charge in [-0.1, -0.05) is 24.3 Å². The van der Waals surface area contributed by atoms with E-state index in [0.29, 0.717) is 22.5 Å². The van der Waals surface area contributed by atoms with E-state index in [-0.39, 0.29) is 16.8 Å². The minimum Gasteiger partial charge on any atom is -0.493 e. The molecule has 33 heavy (non-hydrogen) atoms. The van der Waals surface area contributed by atoms with Crippen LogP contribution in [0.4, 0.5) is 24.7 Å². The molecule has 0 saturated heterocycles. The number of carbonyl (C=O) groups is 1. The Morgan fingerprint density at radius 1 is 1.06 bits per heavy atom. The summed E-state index contributed by atoms with van der Waals surface area (Å²) < 4.78 is 52.9. The molecule has 0 bridgehead atoms. The van der Waals surface area contributed by atoms with Crippen LogP contribution in [0.25, 0.3) is 11.0 Å². The Hall–Kier alpha value is -4.34. The highest BCUT2D eigenvalue weighted by Gasteiger charge is 2.31. The molecule has 0 aliphatic carbocycles. The zero-order valence-corrected chi connectivity index (χ0v) is 17.1. The van der Waals surface area contributed by atoms with Gasteiger partial charge < -0.3 is 19.2 Å². The topological polar surface area (TPSA) is 86.0 Å². The Labute approximate surface area is 185 Å². The molecule has 1 N–H and O–H groups in total. The van der Waals surface area contributed by atoms with Crippen molar-refractivity contribution in [2.75, 3.05) is 12.4 Å². The van der Waals surface area contributed by atoms with E-state index in [1.165, 1.54) is 25.4 Å². The summed E-state index contributed by atoms with van der Waals surface area (Å²) >= 11 is 0. The van der Waals surface area contributed by atoms with E-state index in [9.17, 15) is 18.0 Å². The smallest absolute Gasteiger partial charge is 0.493 e. The van der Waals surface area contributed by atoms with Gasteiger partial charge in [0.2, 0.25) is 5.55 Å². The summed E-state index contributed by atoms with van der Waals surface area (Å²) in [7, 11) is 1.46. The zero-order valence-electron chi connectivity index (χ0n) is 17.1. The van der Waals surface area contributed by atoms with Gasteiger partial charge in [0, 0.05) is 17.6 Å². The number of para-hydroxylation sites is 1. The molecule has 1 amide bonds. The number of aromatic nitrogens is 1. The number of alkyl halides is 3. The van der Waals surface area contributed by atoms with Crippen molar-refractivity contribution in [2.24, 2.45) is 4.99 Å². The fourth-order valence-corrected chi connectivity index (χ4v) is 3.02. The van der Waals surface area contributed by atoms with Crippen LogP contribution in [0.5, 0.6) is 11.5 Å². The summed E-state index contributed by atoms with van der Waals surface area (Å²) in [5.74, 6) is -0.320. The quantitative estimate of drug-likeness (QED) is 0.446. The maximum absolute atomic E-state index is 13.0. The number of hydrogen-bond acceptors (Lipinski definition) is 6. The van der Waals surface area contributed by atoms with Crippen LogP contribution < -0.4 is 20.3 Å². The Morgan fingerprint density at radius 3 is 2.61 bits per heavy atom. The van der Waals surface area contributed by atoms with E-state index in [0.717, 1.165) is 12.1 Å². The number of hydrogen-bond donors (Lipinski definition) is 1. The normalized spacial score (nSPS) is 11.9. The number of amides is 1. The standard InChI is InChI=1S/C23H16F3N3O4/c1-31-18-9-4-6-14-12-17(21(30)29-19-10-2-3-11-27-19)22(32-20(14)18)28-15-7-5-8-16(13-15)33-23(24,25)26/h2-13H,1H3,(H,27,29,30). The van der Waals surface area contributed by atoms with Crippen molar-refractivity contribution in [3.8, 4) is 11.5 Å².